The van der Waals surface area contributed by atoms with Gasteiger partial charge in [0.05, 0.1) is 22.1 Å². The molecular formula is C45H27NO2. The summed E-state index contributed by atoms with van der Waals surface area (Å²) < 4.78 is 16.0. The van der Waals surface area contributed by atoms with Crippen molar-refractivity contribution < 1.29 is 8.83 Å². The fraction of sp³-hybridized carbons (Fsp3) is 0.0222. The van der Waals surface area contributed by atoms with Gasteiger partial charge in [0.2, 0.25) is 0 Å². The zero-order valence-corrected chi connectivity index (χ0v) is 26.2. The van der Waals surface area contributed by atoms with Crippen molar-refractivity contribution in [1.29, 1.82) is 0 Å². The van der Waals surface area contributed by atoms with E-state index < -0.39 is 0 Å². The standard InChI is InChI=1S/C45H27NO2/c1-3-11-40-30(4-2)36-24-37-31-16-9-10-17-41(31)48-45(37)42(44(36)47-40)29-20-34-32-18-25-12-5-7-14-27(25)22-38(32)46-39-23-28-15-8-6-13-26(28)19-33(39)35(21-29)43(34)46/h3-24H,1H2,2H3/b30-4-,40-11+. The molecule has 0 N–H and O–H groups in total. The fourth-order valence-electron chi connectivity index (χ4n) is 8.30. The third-order valence-electron chi connectivity index (χ3n) is 10.4. The number of hydrogen-bond donors (Lipinski definition) is 0. The van der Waals surface area contributed by atoms with Crippen molar-refractivity contribution >= 4 is 105 Å². The van der Waals surface area contributed by atoms with Gasteiger partial charge in [0.25, 0.3) is 0 Å². The maximum Gasteiger partial charge on any atom is 0.147 e. The Bertz CT molecular complexity index is 3190. The van der Waals surface area contributed by atoms with Crippen molar-refractivity contribution in [3.8, 4) is 11.1 Å². The molecule has 0 unspecified atom stereocenters. The first-order valence-electron chi connectivity index (χ1n) is 16.4. The monoisotopic (exact) mass is 613 g/mol. The molecule has 0 saturated carbocycles. The summed E-state index contributed by atoms with van der Waals surface area (Å²) in [6, 6.07) is 42.0. The lowest BCUT2D eigenvalue weighted by molar-refractivity contribution is 0.576. The molecule has 224 valence electrons. The Morgan fingerprint density at radius 3 is 1.77 bits per heavy atom. The highest BCUT2D eigenvalue weighted by Gasteiger charge is 2.24. The molecule has 0 aliphatic rings. The Hall–Kier alpha value is -6.32. The number of allylic oxidation sites excluding steroid dienone is 1. The molecule has 0 aliphatic heterocycles. The molecule has 0 bridgehead atoms. The minimum absolute atomic E-state index is 0.797. The number of hydrogen-bond acceptors (Lipinski definition) is 2. The molecule has 11 aromatic rings. The van der Waals surface area contributed by atoms with Crippen molar-refractivity contribution in [2.75, 3.05) is 0 Å². The smallest absolute Gasteiger partial charge is 0.147 e. The van der Waals surface area contributed by atoms with Gasteiger partial charge in [0.15, 0.2) is 0 Å². The zero-order valence-electron chi connectivity index (χ0n) is 26.2. The van der Waals surface area contributed by atoms with Crippen molar-refractivity contribution in [1.82, 2.24) is 4.40 Å². The maximum atomic E-state index is 6.75. The Labute approximate surface area is 273 Å². The van der Waals surface area contributed by atoms with Gasteiger partial charge >= 0.3 is 0 Å². The molecule has 48 heavy (non-hydrogen) atoms. The van der Waals surface area contributed by atoms with E-state index in [0.717, 1.165) is 54.7 Å². The minimum Gasteiger partial charge on any atom is -0.455 e. The Kier molecular flexibility index (Phi) is 4.92. The summed E-state index contributed by atoms with van der Waals surface area (Å²) in [6.45, 7) is 6.03. The number of fused-ring (bicyclic) bond motifs is 12. The molecule has 4 aromatic heterocycles. The van der Waals surface area contributed by atoms with E-state index in [0.29, 0.717) is 0 Å². The second-order valence-corrected chi connectivity index (χ2v) is 12.9. The summed E-state index contributed by atoms with van der Waals surface area (Å²) in [4.78, 5) is 0. The van der Waals surface area contributed by atoms with Gasteiger partial charge in [-0.1, -0.05) is 85.5 Å². The quantitative estimate of drug-likeness (QED) is 0.194. The second kappa shape index (κ2) is 9.15. The van der Waals surface area contributed by atoms with E-state index in [-0.39, 0.29) is 0 Å². The molecule has 3 nitrogen and oxygen atoms in total. The molecule has 0 radical (unpaired) electrons. The van der Waals surface area contributed by atoms with Crippen LogP contribution in [0.5, 0.6) is 0 Å². The Balaban J connectivity index is 1.39. The van der Waals surface area contributed by atoms with Crippen LogP contribution in [0.15, 0.2) is 137 Å². The Morgan fingerprint density at radius 1 is 0.562 bits per heavy atom. The van der Waals surface area contributed by atoms with E-state index in [9.17, 15) is 0 Å². The van der Waals surface area contributed by atoms with Crippen LogP contribution >= 0.6 is 0 Å². The molecule has 11 rings (SSSR count). The zero-order chi connectivity index (χ0) is 31.7. The maximum absolute atomic E-state index is 6.75. The molecule has 0 atom stereocenters. The van der Waals surface area contributed by atoms with Gasteiger partial charge in [-0.3, -0.25) is 0 Å². The van der Waals surface area contributed by atoms with Gasteiger partial charge in [0, 0.05) is 42.9 Å². The molecule has 0 fully saturated rings. The predicted molar refractivity (Wildman–Crippen MR) is 203 cm³/mol. The summed E-state index contributed by atoms with van der Waals surface area (Å²) >= 11 is 0. The van der Waals surface area contributed by atoms with E-state index in [2.05, 4.69) is 127 Å². The lowest BCUT2D eigenvalue weighted by Crippen LogP contribution is -2.18. The molecule has 7 aromatic carbocycles. The number of rotatable bonds is 2. The van der Waals surface area contributed by atoms with Gasteiger partial charge in [-0.2, -0.15) is 0 Å². The van der Waals surface area contributed by atoms with Crippen LogP contribution in [-0.4, -0.2) is 4.40 Å². The van der Waals surface area contributed by atoms with Gasteiger partial charge in [-0.05, 0) is 88.6 Å². The van der Waals surface area contributed by atoms with Crippen LogP contribution < -0.4 is 10.6 Å². The van der Waals surface area contributed by atoms with Crippen molar-refractivity contribution in [2.24, 2.45) is 0 Å². The summed E-state index contributed by atoms with van der Waals surface area (Å²) in [5, 5.41) is 14.1. The summed E-state index contributed by atoms with van der Waals surface area (Å²) in [5.41, 5.74) is 9.03. The van der Waals surface area contributed by atoms with Crippen molar-refractivity contribution in [2.45, 2.75) is 6.92 Å². The predicted octanol–water partition coefficient (Wildman–Crippen LogP) is 11.2. The molecule has 0 spiro atoms. The summed E-state index contributed by atoms with van der Waals surface area (Å²) in [6.07, 6.45) is 5.86. The molecule has 3 heteroatoms. The van der Waals surface area contributed by atoms with Gasteiger partial charge in [-0.15, -0.1) is 0 Å². The van der Waals surface area contributed by atoms with E-state index >= 15 is 0 Å². The third-order valence-corrected chi connectivity index (χ3v) is 10.4. The first-order chi connectivity index (χ1) is 23.7. The SMILES string of the molecule is C=C/C=c1/oc2c(-c3cc4c5cc6ccccc6cc5n5c6cc7ccccc7cc6c(c3)c45)c3oc4ccccc4c3cc2/c1=C/C. The highest BCUT2D eigenvalue weighted by atomic mass is 16.3. The largest absolute Gasteiger partial charge is 0.455 e. The first kappa shape index (κ1) is 25.8. The average molecular weight is 614 g/mol. The number of aromatic nitrogens is 1. The summed E-state index contributed by atoms with van der Waals surface area (Å²) in [7, 11) is 0. The lowest BCUT2D eigenvalue weighted by Gasteiger charge is -2.07. The molecule has 0 amide bonds. The van der Waals surface area contributed by atoms with E-state index in [4.69, 9.17) is 8.83 Å². The number of para-hydroxylation sites is 1. The third kappa shape index (κ3) is 3.22. The van der Waals surface area contributed by atoms with Crippen LogP contribution in [0.2, 0.25) is 0 Å². The van der Waals surface area contributed by atoms with Crippen LogP contribution in [0.4, 0.5) is 0 Å². The highest BCUT2D eigenvalue weighted by molar-refractivity contribution is 6.28. The summed E-state index contributed by atoms with van der Waals surface area (Å²) in [5.74, 6) is 0. The van der Waals surface area contributed by atoms with Crippen LogP contribution in [0.25, 0.3) is 116 Å². The lowest BCUT2D eigenvalue weighted by atomic mass is 9.95. The topological polar surface area (TPSA) is 30.7 Å². The van der Waals surface area contributed by atoms with E-state index in [1.165, 1.54) is 59.6 Å². The first-order valence-corrected chi connectivity index (χ1v) is 16.4. The Morgan fingerprint density at radius 2 is 1.15 bits per heavy atom. The fourth-order valence-corrected chi connectivity index (χ4v) is 8.30. The van der Waals surface area contributed by atoms with Crippen LogP contribution in [0, 0.1) is 0 Å². The van der Waals surface area contributed by atoms with Gasteiger partial charge in [0.1, 0.15) is 22.2 Å². The van der Waals surface area contributed by atoms with Gasteiger partial charge in [-0.25, -0.2) is 0 Å². The molecule has 0 aliphatic carbocycles. The highest BCUT2D eigenvalue weighted by Crippen LogP contribution is 2.46. The molecular weight excluding hydrogens is 587 g/mol. The van der Waals surface area contributed by atoms with Crippen LogP contribution in [-0.2, 0) is 0 Å². The van der Waals surface area contributed by atoms with Crippen molar-refractivity contribution in [3.63, 3.8) is 0 Å². The molecule has 4 heterocycles. The van der Waals surface area contributed by atoms with E-state index in [1.807, 2.05) is 18.2 Å². The number of nitrogens with zero attached hydrogens (tertiary/aromatic N) is 1. The van der Waals surface area contributed by atoms with E-state index in [1.54, 1.807) is 6.08 Å². The minimum atomic E-state index is 0.797. The van der Waals surface area contributed by atoms with Crippen molar-refractivity contribution in [3.05, 3.63) is 139 Å². The molecule has 0 saturated heterocycles. The van der Waals surface area contributed by atoms with Crippen LogP contribution in [0.3, 0.4) is 0 Å². The van der Waals surface area contributed by atoms with Gasteiger partial charge < -0.3 is 13.2 Å². The van der Waals surface area contributed by atoms with Crippen LogP contribution in [0.1, 0.15) is 6.92 Å². The number of benzene rings is 7. The normalized spacial score (nSPS) is 13.4. The number of furan rings is 2. The second-order valence-electron chi connectivity index (χ2n) is 12.9. The average Bonchev–Trinajstić information content (AvgIpc) is 3.85.